The van der Waals surface area contributed by atoms with Gasteiger partial charge < -0.3 is 15.2 Å². The van der Waals surface area contributed by atoms with Crippen LogP contribution in [0.4, 0.5) is 5.69 Å². The number of aryl methyl sites for hydroxylation is 1. The standard InChI is InChI=1S/C15H16N2O4S/c1-2-10-7-8-17-15(10)12(9-14(18)19)16-11-5-3-4-6-13(11)22(17,20)21/h3-8,12,16H,2,9H2,1H3,(H,18,19)/p-1. The fourth-order valence-corrected chi connectivity index (χ4v) is 4.43. The molecule has 22 heavy (non-hydrogen) atoms. The highest BCUT2D eigenvalue weighted by atomic mass is 32.2. The van der Waals surface area contributed by atoms with E-state index in [1.807, 2.05) is 6.92 Å². The fourth-order valence-electron chi connectivity index (χ4n) is 2.84. The Hall–Kier alpha value is -2.28. The number of nitrogens with one attached hydrogen (secondary N) is 1. The molecule has 1 aliphatic heterocycles. The average molecular weight is 319 g/mol. The lowest BCUT2D eigenvalue weighted by molar-refractivity contribution is -0.306. The van der Waals surface area contributed by atoms with Crippen molar-refractivity contribution in [2.24, 2.45) is 0 Å². The first-order valence-corrected chi connectivity index (χ1v) is 8.40. The Morgan fingerprint density at radius 3 is 2.73 bits per heavy atom. The summed E-state index contributed by atoms with van der Waals surface area (Å²) in [6.45, 7) is 1.90. The zero-order valence-electron chi connectivity index (χ0n) is 11.9. The van der Waals surface area contributed by atoms with Crippen LogP contribution < -0.4 is 10.4 Å². The maximum absolute atomic E-state index is 12.8. The largest absolute Gasteiger partial charge is 0.550 e. The number of nitrogens with zero attached hydrogens (tertiary/aromatic N) is 1. The SMILES string of the molecule is CCc1ccn2c1C(CC(=O)[O-])Nc1ccccc1S2(=O)=O. The van der Waals surface area contributed by atoms with Gasteiger partial charge in [0, 0.05) is 18.6 Å². The van der Waals surface area contributed by atoms with Crippen LogP contribution in [0, 0.1) is 0 Å². The number of rotatable bonds is 3. The smallest absolute Gasteiger partial charge is 0.269 e. The summed E-state index contributed by atoms with van der Waals surface area (Å²) in [6, 6.07) is 7.54. The third-order valence-electron chi connectivity index (χ3n) is 3.81. The van der Waals surface area contributed by atoms with Crippen molar-refractivity contribution < 1.29 is 18.3 Å². The van der Waals surface area contributed by atoms with Gasteiger partial charge in [0.25, 0.3) is 10.0 Å². The van der Waals surface area contributed by atoms with Gasteiger partial charge in [-0.3, -0.25) is 0 Å². The number of carbonyl (C=O) groups is 1. The average Bonchev–Trinajstić information content (AvgIpc) is 2.87. The van der Waals surface area contributed by atoms with E-state index in [4.69, 9.17) is 0 Å². The lowest BCUT2D eigenvalue weighted by Gasteiger charge is -2.20. The number of carboxylic acids is 1. The molecule has 2 aromatic rings. The molecule has 3 rings (SSSR count). The van der Waals surface area contributed by atoms with Gasteiger partial charge in [-0.1, -0.05) is 19.1 Å². The van der Waals surface area contributed by atoms with Gasteiger partial charge in [-0.25, -0.2) is 12.4 Å². The van der Waals surface area contributed by atoms with Crippen LogP contribution in [0.15, 0.2) is 41.4 Å². The Bertz CT molecular complexity index is 839. The molecule has 1 aromatic carbocycles. The van der Waals surface area contributed by atoms with E-state index in [2.05, 4.69) is 5.32 Å². The Kier molecular flexibility index (Phi) is 3.44. The van der Waals surface area contributed by atoms with Crippen LogP contribution in [0.25, 0.3) is 0 Å². The molecule has 1 atom stereocenters. The van der Waals surface area contributed by atoms with Gasteiger partial charge in [-0.15, -0.1) is 0 Å². The summed E-state index contributed by atoms with van der Waals surface area (Å²) in [5.41, 5.74) is 1.66. The molecule has 0 aliphatic carbocycles. The minimum atomic E-state index is -3.75. The van der Waals surface area contributed by atoms with Gasteiger partial charge in [-0.05, 0) is 30.2 Å². The molecule has 0 radical (unpaired) electrons. The number of anilines is 1. The van der Waals surface area contributed by atoms with Crippen molar-refractivity contribution in [3.63, 3.8) is 0 Å². The number of aliphatic carboxylic acids is 1. The first kappa shape index (κ1) is 14.6. The van der Waals surface area contributed by atoms with E-state index >= 15 is 0 Å². The fraction of sp³-hybridized carbons (Fsp3) is 0.267. The van der Waals surface area contributed by atoms with E-state index in [-0.39, 0.29) is 11.3 Å². The first-order chi connectivity index (χ1) is 10.4. The summed E-state index contributed by atoms with van der Waals surface area (Å²) in [6.07, 6.45) is 1.79. The molecule has 0 saturated heterocycles. The molecule has 116 valence electrons. The third-order valence-corrected chi connectivity index (χ3v) is 5.56. The van der Waals surface area contributed by atoms with Crippen molar-refractivity contribution in [1.82, 2.24) is 3.97 Å². The summed E-state index contributed by atoms with van der Waals surface area (Å²) < 4.78 is 26.9. The van der Waals surface area contributed by atoms with E-state index in [1.165, 1.54) is 16.2 Å². The minimum Gasteiger partial charge on any atom is -0.550 e. The highest BCUT2D eigenvalue weighted by molar-refractivity contribution is 7.90. The quantitative estimate of drug-likeness (QED) is 0.907. The van der Waals surface area contributed by atoms with Gasteiger partial charge in [0.1, 0.15) is 4.90 Å². The van der Waals surface area contributed by atoms with Gasteiger partial charge in [0.2, 0.25) is 0 Å². The normalized spacial score (nSPS) is 18.7. The van der Waals surface area contributed by atoms with Crippen LogP contribution in [0.1, 0.15) is 30.6 Å². The minimum absolute atomic E-state index is 0.135. The molecule has 6 nitrogen and oxygen atoms in total. The number of para-hydroxylation sites is 1. The molecule has 1 N–H and O–H groups in total. The molecule has 7 heteroatoms. The van der Waals surface area contributed by atoms with Crippen LogP contribution in [0.5, 0.6) is 0 Å². The number of benzene rings is 1. The van der Waals surface area contributed by atoms with Crippen molar-refractivity contribution in [3.05, 3.63) is 47.8 Å². The highest BCUT2D eigenvalue weighted by Gasteiger charge is 2.32. The first-order valence-electron chi connectivity index (χ1n) is 6.96. The van der Waals surface area contributed by atoms with Crippen molar-refractivity contribution in [2.75, 3.05) is 5.32 Å². The number of fused-ring (bicyclic) bond motifs is 2. The van der Waals surface area contributed by atoms with Crippen LogP contribution in [0.2, 0.25) is 0 Å². The number of carboxylic acid groups (broad SMARTS) is 1. The van der Waals surface area contributed by atoms with Crippen LogP contribution >= 0.6 is 0 Å². The van der Waals surface area contributed by atoms with E-state index in [9.17, 15) is 18.3 Å². The zero-order chi connectivity index (χ0) is 15.9. The Morgan fingerprint density at radius 1 is 1.32 bits per heavy atom. The highest BCUT2D eigenvalue weighted by Crippen LogP contribution is 2.36. The third kappa shape index (κ3) is 2.18. The maximum Gasteiger partial charge on any atom is 0.269 e. The van der Waals surface area contributed by atoms with E-state index in [0.29, 0.717) is 17.8 Å². The molecule has 1 aliphatic rings. The summed E-state index contributed by atoms with van der Waals surface area (Å²) in [4.78, 5) is 11.2. The number of hydrogen-bond acceptors (Lipinski definition) is 5. The molecule has 2 heterocycles. The van der Waals surface area contributed by atoms with Crippen molar-refractivity contribution in [1.29, 1.82) is 0 Å². The molecular formula is C15H15N2O4S-. The number of hydrogen-bond donors (Lipinski definition) is 1. The lowest BCUT2D eigenvalue weighted by atomic mass is 10.0. The molecule has 0 spiro atoms. The second-order valence-electron chi connectivity index (χ2n) is 5.15. The molecular weight excluding hydrogens is 304 g/mol. The molecule has 0 fully saturated rings. The Balaban J connectivity index is 2.29. The van der Waals surface area contributed by atoms with Crippen LogP contribution in [0.3, 0.4) is 0 Å². The van der Waals surface area contributed by atoms with Crippen molar-refractivity contribution >= 4 is 21.7 Å². The van der Waals surface area contributed by atoms with E-state index < -0.39 is 22.0 Å². The number of carbonyl (C=O) groups excluding carboxylic acids is 1. The van der Waals surface area contributed by atoms with Crippen LogP contribution in [-0.4, -0.2) is 18.4 Å². The van der Waals surface area contributed by atoms with Crippen molar-refractivity contribution in [2.45, 2.75) is 30.7 Å². The molecule has 0 bridgehead atoms. The predicted octanol–water partition coefficient (Wildman–Crippen LogP) is 0.894. The van der Waals surface area contributed by atoms with Gasteiger partial charge in [0.15, 0.2) is 0 Å². The summed E-state index contributed by atoms with van der Waals surface area (Å²) in [7, 11) is -3.75. The molecule has 1 unspecified atom stereocenters. The lowest BCUT2D eigenvalue weighted by Crippen LogP contribution is -2.28. The number of aromatic nitrogens is 1. The van der Waals surface area contributed by atoms with Crippen molar-refractivity contribution in [3.8, 4) is 0 Å². The van der Waals surface area contributed by atoms with Crippen LogP contribution in [-0.2, 0) is 21.2 Å². The van der Waals surface area contributed by atoms with Gasteiger partial charge in [-0.2, -0.15) is 0 Å². The molecule has 0 saturated carbocycles. The van der Waals surface area contributed by atoms with E-state index in [1.54, 1.807) is 24.3 Å². The summed E-state index contributed by atoms with van der Waals surface area (Å²) in [5, 5.41) is 14.1. The monoisotopic (exact) mass is 319 g/mol. The van der Waals surface area contributed by atoms with Gasteiger partial charge in [0.05, 0.1) is 17.4 Å². The van der Waals surface area contributed by atoms with Gasteiger partial charge >= 0.3 is 0 Å². The summed E-state index contributed by atoms with van der Waals surface area (Å²) >= 11 is 0. The second kappa shape index (κ2) is 5.17. The van der Waals surface area contributed by atoms with E-state index in [0.717, 1.165) is 5.56 Å². The predicted molar refractivity (Wildman–Crippen MR) is 78.8 cm³/mol. The Labute approximate surface area is 128 Å². The molecule has 0 amide bonds. The molecule has 1 aromatic heterocycles. The summed E-state index contributed by atoms with van der Waals surface area (Å²) in [5.74, 6) is -1.23. The topological polar surface area (TPSA) is 91.2 Å². The Morgan fingerprint density at radius 2 is 2.05 bits per heavy atom. The zero-order valence-corrected chi connectivity index (χ0v) is 12.8. The second-order valence-corrected chi connectivity index (χ2v) is 6.93. The maximum atomic E-state index is 12.8.